The molecule has 1 aromatic carbocycles. The zero-order valence-corrected chi connectivity index (χ0v) is 18.0. The Hall–Kier alpha value is -0.890. The molecule has 0 fully saturated rings. The number of hydrogen-bond donors (Lipinski definition) is 3. The van der Waals surface area contributed by atoms with Crippen LogP contribution in [0.25, 0.3) is 10.9 Å². The Kier molecular flexibility index (Phi) is 10.2. The first-order chi connectivity index (χ1) is 11.2. The fraction of sp³-hybridized carbons (Fsp3) is 0.500. The van der Waals surface area contributed by atoms with Gasteiger partial charge in [-0.2, -0.15) is 11.8 Å². The highest BCUT2D eigenvalue weighted by Crippen LogP contribution is 2.19. The van der Waals surface area contributed by atoms with Crippen molar-refractivity contribution in [2.75, 3.05) is 31.6 Å². The summed E-state index contributed by atoms with van der Waals surface area (Å²) in [6, 6.07) is 6.58. The molecule has 0 saturated heterocycles. The summed E-state index contributed by atoms with van der Waals surface area (Å²) in [5.74, 6) is 2.08. The number of fused-ring (bicyclic) bond motifs is 1. The summed E-state index contributed by atoms with van der Waals surface area (Å²) in [7, 11) is 0. The summed E-state index contributed by atoms with van der Waals surface area (Å²) >= 11 is 1.87. The number of thioether (sulfide) groups is 1. The van der Waals surface area contributed by atoms with Crippen LogP contribution in [0.2, 0.25) is 0 Å². The second-order valence-corrected chi connectivity index (χ2v) is 6.63. The van der Waals surface area contributed by atoms with E-state index in [-0.39, 0.29) is 24.0 Å². The van der Waals surface area contributed by atoms with Gasteiger partial charge in [-0.05, 0) is 55.9 Å². The Morgan fingerprint density at radius 1 is 1.29 bits per heavy atom. The van der Waals surface area contributed by atoms with Gasteiger partial charge < -0.3 is 15.6 Å². The molecule has 0 spiro atoms. The third-order valence-corrected chi connectivity index (χ3v) is 4.43. The second-order valence-electron chi connectivity index (χ2n) is 5.65. The lowest BCUT2D eigenvalue weighted by Gasteiger charge is -2.11. The summed E-state index contributed by atoms with van der Waals surface area (Å²) in [6.07, 6.45) is 6.36. The van der Waals surface area contributed by atoms with Crippen LogP contribution in [0.15, 0.2) is 29.4 Å². The van der Waals surface area contributed by atoms with E-state index >= 15 is 0 Å². The van der Waals surface area contributed by atoms with Gasteiger partial charge in [0.15, 0.2) is 5.96 Å². The molecule has 6 heteroatoms. The third kappa shape index (κ3) is 6.55. The van der Waals surface area contributed by atoms with Gasteiger partial charge in [0.2, 0.25) is 0 Å². The summed E-state index contributed by atoms with van der Waals surface area (Å²) < 4.78 is 0. The number of aromatic nitrogens is 1. The van der Waals surface area contributed by atoms with Crippen molar-refractivity contribution in [2.24, 2.45) is 4.99 Å². The molecule has 0 amide bonds. The number of nitrogens with zero attached hydrogens (tertiary/aromatic N) is 1. The Morgan fingerprint density at radius 2 is 2.12 bits per heavy atom. The van der Waals surface area contributed by atoms with Crippen LogP contribution in [0.4, 0.5) is 0 Å². The predicted octanol–water partition coefficient (Wildman–Crippen LogP) is 3.95. The van der Waals surface area contributed by atoms with Gasteiger partial charge >= 0.3 is 0 Å². The smallest absolute Gasteiger partial charge is 0.191 e. The highest BCUT2D eigenvalue weighted by molar-refractivity contribution is 14.0. The van der Waals surface area contributed by atoms with Crippen molar-refractivity contribution in [3.63, 3.8) is 0 Å². The van der Waals surface area contributed by atoms with E-state index in [0.717, 1.165) is 44.2 Å². The molecule has 24 heavy (non-hydrogen) atoms. The molecule has 134 valence electrons. The summed E-state index contributed by atoms with van der Waals surface area (Å²) in [6.45, 7) is 6.87. The number of rotatable bonds is 8. The van der Waals surface area contributed by atoms with Gasteiger partial charge in [-0.3, -0.25) is 4.99 Å². The molecular weight excluding hydrogens is 431 g/mol. The lowest BCUT2D eigenvalue weighted by molar-refractivity contribution is 0.796. The number of aryl methyl sites for hydroxylation is 1. The van der Waals surface area contributed by atoms with Crippen molar-refractivity contribution in [3.8, 4) is 0 Å². The van der Waals surface area contributed by atoms with Crippen molar-refractivity contribution < 1.29 is 0 Å². The maximum atomic E-state index is 4.62. The first-order valence-electron chi connectivity index (χ1n) is 8.32. The zero-order valence-electron chi connectivity index (χ0n) is 14.8. The molecule has 0 atom stereocenters. The number of guanidine groups is 1. The minimum Gasteiger partial charge on any atom is -0.361 e. The lowest BCUT2D eigenvalue weighted by Crippen LogP contribution is -2.38. The predicted molar refractivity (Wildman–Crippen MR) is 119 cm³/mol. The Bertz CT molecular complexity index is 639. The number of hydrogen-bond acceptors (Lipinski definition) is 2. The monoisotopic (exact) mass is 460 g/mol. The van der Waals surface area contributed by atoms with Gasteiger partial charge in [0.25, 0.3) is 0 Å². The molecule has 3 N–H and O–H groups in total. The van der Waals surface area contributed by atoms with Crippen LogP contribution in [0.3, 0.4) is 0 Å². The van der Waals surface area contributed by atoms with E-state index in [0.29, 0.717) is 0 Å². The molecule has 0 aliphatic rings. The Balaban J connectivity index is 0.00000288. The van der Waals surface area contributed by atoms with Crippen molar-refractivity contribution in [2.45, 2.75) is 26.7 Å². The van der Waals surface area contributed by atoms with Crippen LogP contribution in [0.1, 0.15) is 24.5 Å². The molecule has 1 heterocycles. The molecule has 4 nitrogen and oxygen atoms in total. The largest absolute Gasteiger partial charge is 0.361 e. The molecule has 2 aromatic rings. The molecular formula is C18H29IN4S. The molecule has 0 saturated carbocycles. The van der Waals surface area contributed by atoms with Crippen LogP contribution in [-0.2, 0) is 6.42 Å². The van der Waals surface area contributed by atoms with E-state index in [2.05, 4.69) is 65.1 Å². The molecule has 1 aromatic heterocycles. The van der Waals surface area contributed by atoms with E-state index < -0.39 is 0 Å². The summed E-state index contributed by atoms with van der Waals surface area (Å²) in [5.41, 5.74) is 3.86. The Labute approximate surface area is 166 Å². The van der Waals surface area contributed by atoms with Crippen molar-refractivity contribution in [3.05, 3.63) is 35.5 Å². The third-order valence-electron chi connectivity index (χ3n) is 3.73. The molecule has 0 radical (unpaired) electrons. The van der Waals surface area contributed by atoms with Gasteiger partial charge in [-0.15, -0.1) is 24.0 Å². The molecule has 0 aliphatic carbocycles. The number of benzene rings is 1. The summed E-state index contributed by atoms with van der Waals surface area (Å²) in [5, 5.41) is 8.06. The van der Waals surface area contributed by atoms with E-state index in [1.165, 1.54) is 22.0 Å². The van der Waals surface area contributed by atoms with Gasteiger partial charge in [0.1, 0.15) is 0 Å². The van der Waals surface area contributed by atoms with Crippen LogP contribution < -0.4 is 10.6 Å². The van der Waals surface area contributed by atoms with Gasteiger partial charge in [0.05, 0.1) is 0 Å². The van der Waals surface area contributed by atoms with Crippen molar-refractivity contribution in [1.82, 2.24) is 15.6 Å². The second kappa shape index (κ2) is 11.6. The molecule has 0 unspecified atom stereocenters. The highest BCUT2D eigenvalue weighted by Gasteiger charge is 2.04. The fourth-order valence-electron chi connectivity index (χ4n) is 2.56. The van der Waals surface area contributed by atoms with Crippen LogP contribution in [-0.4, -0.2) is 42.6 Å². The number of aromatic amines is 1. The zero-order chi connectivity index (χ0) is 16.5. The van der Waals surface area contributed by atoms with E-state index in [4.69, 9.17) is 0 Å². The standard InChI is InChI=1S/C18H28N4S.HI/c1-4-19-18(20-9-5-11-23-3)21-10-8-15-13-22-17-12-14(2)6-7-16(15)17;/h6-7,12-13,22H,4-5,8-11H2,1-3H3,(H2,19,20,21);1H. The number of halogens is 1. The maximum Gasteiger partial charge on any atom is 0.191 e. The van der Waals surface area contributed by atoms with Crippen LogP contribution in [0, 0.1) is 6.92 Å². The van der Waals surface area contributed by atoms with Gasteiger partial charge in [-0.1, -0.05) is 12.1 Å². The SMILES string of the molecule is CCNC(=NCCCSC)NCCc1c[nH]c2cc(C)ccc12.I. The molecule has 2 rings (SSSR count). The summed E-state index contributed by atoms with van der Waals surface area (Å²) in [4.78, 5) is 7.98. The minimum atomic E-state index is 0. The van der Waals surface area contributed by atoms with Crippen molar-refractivity contribution >= 4 is 52.6 Å². The van der Waals surface area contributed by atoms with Crippen LogP contribution >= 0.6 is 35.7 Å². The van der Waals surface area contributed by atoms with Gasteiger partial charge in [0, 0.05) is 36.7 Å². The average Bonchev–Trinajstić information content (AvgIpc) is 2.93. The van der Waals surface area contributed by atoms with Gasteiger partial charge in [-0.25, -0.2) is 0 Å². The number of H-pyrrole nitrogens is 1. The normalized spacial score (nSPS) is 11.4. The topological polar surface area (TPSA) is 52.2 Å². The quantitative estimate of drug-likeness (QED) is 0.242. The van der Waals surface area contributed by atoms with Crippen molar-refractivity contribution in [1.29, 1.82) is 0 Å². The lowest BCUT2D eigenvalue weighted by atomic mass is 10.1. The van der Waals surface area contributed by atoms with E-state index in [1.54, 1.807) is 0 Å². The van der Waals surface area contributed by atoms with E-state index in [1.807, 2.05) is 11.8 Å². The molecule has 0 bridgehead atoms. The average molecular weight is 460 g/mol. The first kappa shape index (κ1) is 21.2. The minimum absolute atomic E-state index is 0. The molecule has 0 aliphatic heterocycles. The highest BCUT2D eigenvalue weighted by atomic mass is 127. The first-order valence-corrected chi connectivity index (χ1v) is 9.71. The fourth-order valence-corrected chi connectivity index (χ4v) is 2.98. The Morgan fingerprint density at radius 3 is 2.88 bits per heavy atom. The number of aliphatic imine (C=N–C) groups is 1. The maximum absolute atomic E-state index is 4.62. The van der Waals surface area contributed by atoms with Crippen LogP contribution in [0.5, 0.6) is 0 Å². The number of nitrogens with one attached hydrogen (secondary N) is 3. The van der Waals surface area contributed by atoms with E-state index in [9.17, 15) is 0 Å².